The van der Waals surface area contributed by atoms with Gasteiger partial charge in [0.1, 0.15) is 0 Å². The summed E-state index contributed by atoms with van der Waals surface area (Å²) in [5.74, 6) is -0.331. The molecule has 1 fully saturated rings. The van der Waals surface area contributed by atoms with Gasteiger partial charge in [0.25, 0.3) is 11.8 Å². The van der Waals surface area contributed by atoms with Crippen LogP contribution in [0.2, 0.25) is 0 Å². The van der Waals surface area contributed by atoms with E-state index in [1.807, 2.05) is 32.0 Å². The van der Waals surface area contributed by atoms with Crippen LogP contribution in [-0.4, -0.2) is 17.9 Å². The van der Waals surface area contributed by atoms with Gasteiger partial charge in [-0.25, -0.2) is 0 Å². The van der Waals surface area contributed by atoms with Crippen LogP contribution in [0.4, 0.5) is 5.69 Å². The van der Waals surface area contributed by atoms with Crippen LogP contribution in [0.5, 0.6) is 0 Å². The number of amides is 2. The highest BCUT2D eigenvalue weighted by atomic mass is 16.2. The number of nitrogens with one attached hydrogen (secondary N) is 2. The molecule has 0 atom stereocenters. The van der Waals surface area contributed by atoms with Crippen molar-refractivity contribution in [1.82, 2.24) is 5.32 Å². The summed E-state index contributed by atoms with van der Waals surface area (Å²) in [6, 6.07) is 12.9. The molecule has 0 radical (unpaired) electrons. The molecule has 118 valence electrons. The molecule has 0 saturated heterocycles. The lowest BCUT2D eigenvalue weighted by Crippen LogP contribution is -2.25. The van der Waals surface area contributed by atoms with E-state index in [2.05, 4.69) is 10.6 Å². The largest absolute Gasteiger partial charge is 0.349 e. The molecule has 0 bridgehead atoms. The molecule has 2 aromatic carbocycles. The maximum absolute atomic E-state index is 12.4. The van der Waals surface area contributed by atoms with E-state index in [0.717, 1.165) is 24.1 Å². The molecule has 1 saturated carbocycles. The highest BCUT2D eigenvalue weighted by Crippen LogP contribution is 2.20. The van der Waals surface area contributed by atoms with Crippen molar-refractivity contribution in [3.8, 4) is 0 Å². The fraction of sp³-hybridized carbons (Fsp3) is 0.263. The third-order valence-electron chi connectivity index (χ3n) is 4.06. The van der Waals surface area contributed by atoms with E-state index in [1.165, 1.54) is 5.56 Å². The molecule has 1 aliphatic carbocycles. The van der Waals surface area contributed by atoms with Gasteiger partial charge in [-0.1, -0.05) is 12.1 Å². The Bertz CT molecular complexity index is 764. The zero-order valence-corrected chi connectivity index (χ0v) is 13.3. The highest BCUT2D eigenvalue weighted by Gasteiger charge is 2.24. The Morgan fingerprint density at radius 3 is 2.26 bits per heavy atom. The monoisotopic (exact) mass is 308 g/mol. The van der Waals surface area contributed by atoms with Crippen LogP contribution in [0.25, 0.3) is 0 Å². The van der Waals surface area contributed by atoms with Crippen LogP contribution in [0, 0.1) is 13.8 Å². The molecule has 0 unspecified atom stereocenters. The number of hydrogen-bond donors (Lipinski definition) is 2. The number of carbonyl (C=O) groups excluding carboxylic acids is 2. The smallest absolute Gasteiger partial charge is 0.255 e. The number of carbonyl (C=O) groups is 2. The summed E-state index contributed by atoms with van der Waals surface area (Å²) in [6.07, 6.45) is 2.08. The summed E-state index contributed by atoms with van der Waals surface area (Å²) in [7, 11) is 0. The third kappa shape index (κ3) is 3.77. The van der Waals surface area contributed by atoms with Gasteiger partial charge in [0.05, 0.1) is 0 Å². The zero-order chi connectivity index (χ0) is 16.4. The van der Waals surface area contributed by atoms with Gasteiger partial charge in [0.2, 0.25) is 0 Å². The van der Waals surface area contributed by atoms with E-state index in [1.54, 1.807) is 24.3 Å². The fourth-order valence-corrected chi connectivity index (χ4v) is 2.32. The molecule has 3 rings (SSSR count). The van der Waals surface area contributed by atoms with Crippen LogP contribution < -0.4 is 10.6 Å². The van der Waals surface area contributed by atoms with Crippen LogP contribution in [0.1, 0.15) is 44.7 Å². The second-order valence-corrected chi connectivity index (χ2v) is 6.08. The number of benzene rings is 2. The first-order valence-electron chi connectivity index (χ1n) is 7.82. The molecule has 4 nitrogen and oxygen atoms in total. The predicted octanol–water partition coefficient (Wildman–Crippen LogP) is 3.45. The van der Waals surface area contributed by atoms with E-state index in [4.69, 9.17) is 0 Å². The van der Waals surface area contributed by atoms with Gasteiger partial charge in [0, 0.05) is 22.9 Å². The maximum atomic E-state index is 12.4. The number of aryl methyl sites for hydroxylation is 2. The second-order valence-electron chi connectivity index (χ2n) is 6.08. The number of rotatable bonds is 4. The molecular formula is C19H20N2O2. The van der Waals surface area contributed by atoms with E-state index >= 15 is 0 Å². The van der Waals surface area contributed by atoms with Crippen molar-refractivity contribution in [2.24, 2.45) is 0 Å². The quantitative estimate of drug-likeness (QED) is 0.909. The molecule has 2 amide bonds. The summed E-state index contributed by atoms with van der Waals surface area (Å²) in [5.41, 5.74) is 4.06. The van der Waals surface area contributed by atoms with Crippen LogP contribution >= 0.6 is 0 Å². The Balaban J connectivity index is 1.73. The van der Waals surface area contributed by atoms with Crippen molar-refractivity contribution in [3.63, 3.8) is 0 Å². The van der Waals surface area contributed by atoms with Crippen molar-refractivity contribution < 1.29 is 9.59 Å². The lowest BCUT2D eigenvalue weighted by atomic mass is 10.1. The Hall–Kier alpha value is -2.62. The van der Waals surface area contributed by atoms with Crippen LogP contribution in [0.3, 0.4) is 0 Å². The number of anilines is 1. The summed E-state index contributed by atoms with van der Waals surface area (Å²) in [4.78, 5) is 24.4. The minimum absolute atomic E-state index is 0.117. The van der Waals surface area contributed by atoms with E-state index in [9.17, 15) is 9.59 Å². The van der Waals surface area contributed by atoms with E-state index in [-0.39, 0.29) is 11.8 Å². The molecule has 0 aliphatic heterocycles. The second kappa shape index (κ2) is 6.24. The van der Waals surface area contributed by atoms with Gasteiger partial charge in [0.15, 0.2) is 0 Å². The first kappa shape index (κ1) is 15.3. The molecular weight excluding hydrogens is 288 g/mol. The zero-order valence-electron chi connectivity index (χ0n) is 13.3. The first-order chi connectivity index (χ1) is 11.0. The van der Waals surface area contributed by atoms with Crippen molar-refractivity contribution in [2.75, 3.05) is 5.32 Å². The summed E-state index contributed by atoms with van der Waals surface area (Å²) in [5, 5.41) is 5.80. The van der Waals surface area contributed by atoms with Crippen molar-refractivity contribution >= 4 is 17.5 Å². The van der Waals surface area contributed by atoms with Crippen molar-refractivity contribution in [2.45, 2.75) is 32.7 Å². The summed E-state index contributed by atoms with van der Waals surface area (Å²) >= 11 is 0. The average molecular weight is 308 g/mol. The van der Waals surface area contributed by atoms with Gasteiger partial charge in [-0.3, -0.25) is 9.59 Å². The normalized spacial score (nSPS) is 13.5. The van der Waals surface area contributed by atoms with Gasteiger partial charge < -0.3 is 10.6 Å². The standard InChI is InChI=1S/C19H20N2O2/c1-12-6-7-17(10-13(12)2)21-19(23)15-5-3-4-14(11-15)18(22)20-16-8-9-16/h3-7,10-11,16H,8-9H2,1-2H3,(H,20,22)(H,21,23). The minimum atomic E-state index is -0.214. The molecule has 0 aromatic heterocycles. The summed E-state index contributed by atoms with van der Waals surface area (Å²) < 4.78 is 0. The topological polar surface area (TPSA) is 58.2 Å². The fourth-order valence-electron chi connectivity index (χ4n) is 2.32. The minimum Gasteiger partial charge on any atom is -0.349 e. The molecule has 1 aliphatic rings. The first-order valence-corrected chi connectivity index (χ1v) is 7.82. The summed E-state index contributed by atoms with van der Waals surface area (Å²) in [6.45, 7) is 4.04. The van der Waals surface area contributed by atoms with Crippen LogP contribution in [-0.2, 0) is 0 Å². The van der Waals surface area contributed by atoms with E-state index in [0.29, 0.717) is 17.2 Å². The molecule has 23 heavy (non-hydrogen) atoms. The highest BCUT2D eigenvalue weighted by molar-refractivity contribution is 6.06. The van der Waals surface area contributed by atoms with Gasteiger partial charge >= 0.3 is 0 Å². The third-order valence-corrected chi connectivity index (χ3v) is 4.06. The molecule has 0 heterocycles. The lowest BCUT2D eigenvalue weighted by molar-refractivity contribution is 0.0951. The Morgan fingerprint density at radius 1 is 0.913 bits per heavy atom. The van der Waals surface area contributed by atoms with Crippen LogP contribution in [0.15, 0.2) is 42.5 Å². The Labute approximate surface area is 135 Å². The van der Waals surface area contributed by atoms with Gasteiger partial charge in [-0.05, 0) is 68.1 Å². The average Bonchev–Trinajstić information content (AvgIpc) is 3.35. The molecule has 4 heteroatoms. The molecule has 2 N–H and O–H groups in total. The lowest BCUT2D eigenvalue weighted by Gasteiger charge is -2.09. The number of hydrogen-bond acceptors (Lipinski definition) is 2. The Morgan fingerprint density at radius 2 is 1.61 bits per heavy atom. The maximum Gasteiger partial charge on any atom is 0.255 e. The SMILES string of the molecule is Cc1ccc(NC(=O)c2cccc(C(=O)NC3CC3)c2)cc1C. The Kier molecular flexibility index (Phi) is 4.15. The predicted molar refractivity (Wildman–Crippen MR) is 90.8 cm³/mol. The van der Waals surface area contributed by atoms with Gasteiger partial charge in [-0.2, -0.15) is 0 Å². The van der Waals surface area contributed by atoms with Crippen molar-refractivity contribution in [3.05, 3.63) is 64.7 Å². The van der Waals surface area contributed by atoms with Gasteiger partial charge in [-0.15, -0.1) is 0 Å². The molecule has 2 aromatic rings. The molecule has 0 spiro atoms. The van der Waals surface area contributed by atoms with Crippen molar-refractivity contribution in [1.29, 1.82) is 0 Å². The van der Waals surface area contributed by atoms with E-state index < -0.39 is 0 Å².